The Morgan fingerprint density at radius 3 is 2.25 bits per heavy atom. The average molecular weight is 339 g/mol. The third-order valence-corrected chi connectivity index (χ3v) is 6.38. The number of hydrogen-bond donors (Lipinski definition) is 0. The van der Waals surface area contributed by atoms with Crippen LogP contribution in [0.5, 0.6) is 0 Å². The normalized spacial score (nSPS) is 20.8. The molecule has 1 atom stereocenters. The van der Waals surface area contributed by atoms with Gasteiger partial charge < -0.3 is 9.80 Å². The molecule has 2 aliphatic heterocycles. The molecular weight excluding hydrogens is 312 g/mol. The molecule has 2 aliphatic rings. The lowest BCUT2D eigenvalue weighted by Gasteiger charge is -2.40. The van der Waals surface area contributed by atoms with Crippen LogP contribution in [0.3, 0.4) is 0 Å². The fourth-order valence-electron chi connectivity index (χ4n) is 3.95. The van der Waals surface area contributed by atoms with E-state index in [0.29, 0.717) is 6.04 Å². The first-order chi connectivity index (χ1) is 11.7. The molecule has 0 N–H and O–H groups in total. The highest BCUT2D eigenvalue weighted by atomic mass is 32.2. The number of piperidine rings is 1. The maximum Gasteiger partial charge on any atom is 0.0552 e. The fraction of sp³-hybridized carbons (Fsp3) is 0.429. The van der Waals surface area contributed by atoms with Crippen molar-refractivity contribution >= 4 is 23.1 Å². The van der Waals surface area contributed by atoms with Crippen LogP contribution >= 0.6 is 11.8 Å². The molecule has 1 fully saturated rings. The Balaban J connectivity index is 1.63. The minimum absolute atomic E-state index is 0.657. The molecule has 2 aromatic carbocycles. The van der Waals surface area contributed by atoms with Gasteiger partial charge in [-0.15, -0.1) is 0 Å². The van der Waals surface area contributed by atoms with Crippen LogP contribution in [0, 0.1) is 5.92 Å². The molecule has 0 saturated carbocycles. The zero-order valence-electron chi connectivity index (χ0n) is 14.6. The van der Waals surface area contributed by atoms with Gasteiger partial charge in [-0.25, -0.2) is 0 Å². The number of fused-ring (bicyclic) bond motifs is 2. The van der Waals surface area contributed by atoms with Crippen molar-refractivity contribution in [3.8, 4) is 0 Å². The largest absolute Gasteiger partial charge is 0.339 e. The van der Waals surface area contributed by atoms with E-state index in [1.807, 2.05) is 11.8 Å². The summed E-state index contributed by atoms with van der Waals surface area (Å²) in [6.07, 6.45) is 2.67. The number of anilines is 2. The molecule has 126 valence electrons. The third kappa shape index (κ3) is 3.07. The third-order valence-electron chi connectivity index (χ3n) is 5.25. The van der Waals surface area contributed by atoms with Crippen molar-refractivity contribution in [2.75, 3.05) is 24.5 Å². The number of benzene rings is 2. The predicted octanol–water partition coefficient (Wildman–Crippen LogP) is 5.41. The molecule has 0 bridgehead atoms. The highest BCUT2D eigenvalue weighted by molar-refractivity contribution is 7.99. The summed E-state index contributed by atoms with van der Waals surface area (Å²) in [5.74, 6) is 0.741. The van der Waals surface area contributed by atoms with E-state index in [4.69, 9.17) is 0 Å². The maximum atomic E-state index is 2.64. The van der Waals surface area contributed by atoms with E-state index < -0.39 is 0 Å². The van der Waals surface area contributed by atoms with Crippen LogP contribution in [-0.2, 0) is 0 Å². The summed E-state index contributed by atoms with van der Waals surface area (Å²) in [5.41, 5.74) is 2.76. The lowest BCUT2D eigenvalue weighted by atomic mass is 9.96. The van der Waals surface area contributed by atoms with Crippen LogP contribution in [0.4, 0.5) is 11.4 Å². The Kier molecular flexibility index (Phi) is 4.55. The Bertz CT molecular complexity index is 667. The van der Waals surface area contributed by atoms with Crippen molar-refractivity contribution in [2.24, 2.45) is 5.92 Å². The second-order valence-electron chi connectivity index (χ2n) is 7.25. The first kappa shape index (κ1) is 16.0. The Morgan fingerprint density at radius 2 is 1.62 bits per heavy atom. The first-order valence-electron chi connectivity index (χ1n) is 9.10. The minimum atomic E-state index is 0.657. The Morgan fingerprint density at radius 1 is 1.00 bits per heavy atom. The van der Waals surface area contributed by atoms with Crippen LogP contribution in [0.25, 0.3) is 0 Å². The van der Waals surface area contributed by atoms with Crippen molar-refractivity contribution in [2.45, 2.75) is 42.5 Å². The second-order valence-corrected chi connectivity index (χ2v) is 8.33. The van der Waals surface area contributed by atoms with Crippen molar-refractivity contribution in [1.29, 1.82) is 0 Å². The zero-order valence-corrected chi connectivity index (χ0v) is 15.4. The van der Waals surface area contributed by atoms with Crippen molar-refractivity contribution < 1.29 is 0 Å². The SMILES string of the molecule is CC(C)N1CCCC(CN2c3ccccc3Sc3ccccc32)C1. The average Bonchev–Trinajstić information content (AvgIpc) is 2.62. The van der Waals surface area contributed by atoms with Gasteiger partial charge in [-0.2, -0.15) is 0 Å². The van der Waals surface area contributed by atoms with Gasteiger partial charge in [0.2, 0.25) is 0 Å². The molecule has 24 heavy (non-hydrogen) atoms. The molecular formula is C21H26N2S. The van der Waals surface area contributed by atoms with E-state index in [2.05, 4.69) is 72.2 Å². The molecule has 0 aromatic heterocycles. The maximum absolute atomic E-state index is 2.64. The number of nitrogens with zero attached hydrogens (tertiary/aromatic N) is 2. The summed E-state index contributed by atoms with van der Waals surface area (Å²) < 4.78 is 0. The summed E-state index contributed by atoms with van der Waals surface area (Å²) in [5, 5.41) is 0. The monoisotopic (exact) mass is 338 g/mol. The molecule has 0 spiro atoms. The van der Waals surface area contributed by atoms with Gasteiger partial charge in [-0.3, -0.25) is 0 Å². The summed E-state index contributed by atoms with van der Waals surface area (Å²) in [4.78, 5) is 7.97. The summed E-state index contributed by atoms with van der Waals surface area (Å²) in [7, 11) is 0. The molecule has 4 rings (SSSR count). The van der Waals surface area contributed by atoms with Crippen molar-refractivity contribution in [1.82, 2.24) is 4.90 Å². The van der Waals surface area contributed by atoms with Crippen molar-refractivity contribution in [3.63, 3.8) is 0 Å². The molecule has 2 nitrogen and oxygen atoms in total. The van der Waals surface area contributed by atoms with E-state index >= 15 is 0 Å². The predicted molar refractivity (Wildman–Crippen MR) is 103 cm³/mol. The number of rotatable bonds is 3. The molecule has 0 amide bonds. The molecule has 2 aromatic rings. The van der Waals surface area contributed by atoms with E-state index in [0.717, 1.165) is 12.5 Å². The fourth-order valence-corrected chi connectivity index (χ4v) is 5.05. The van der Waals surface area contributed by atoms with E-state index in [1.54, 1.807) is 0 Å². The van der Waals surface area contributed by atoms with Gasteiger partial charge in [0.1, 0.15) is 0 Å². The molecule has 2 heterocycles. The van der Waals surface area contributed by atoms with E-state index in [-0.39, 0.29) is 0 Å². The molecule has 0 aliphatic carbocycles. The van der Waals surface area contributed by atoms with Gasteiger partial charge in [0.05, 0.1) is 11.4 Å². The van der Waals surface area contributed by atoms with Gasteiger partial charge in [-0.05, 0) is 63.4 Å². The van der Waals surface area contributed by atoms with Crippen LogP contribution < -0.4 is 4.90 Å². The molecule has 0 radical (unpaired) electrons. The molecule has 1 saturated heterocycles. The van der Waals surface area contributed by atoms with E-state index in [9.17, 15) is 0 Å². The van der Waals surface area contributed by atoms with Crippen LogP contribution in [0.15, 0.2) is 58.3 Å². The molecule has 3 heteroatoms. The zero-order chi connectivity index (χ0) is 16.5. The minimum Gasteiger partial charge on any atom is -0.339 e. The highest BCUT2D eigenvalue weighted by Crippen LogP contribution is 2.48. The number of para-hydroxylation sites is 2. The Hall–Kier alpha value is -1.45. The quantitative estimate of drug-likeness (QED) is 0.739. The molecule has 1 unspecified atom stereocenters. The summed E-state index contributed by atoms with van der Waals surface area (Å²) in [6.45, 7) is 8.26. The van der Waals surface area contributed by atoms with Gasteiger partial charge in [0, 0.05) is 28.9 Å². The summed E-state index contributed by atoms with van der Waals surface area (Å²) in [6, 6.07) is 18.4. The topological polar surface area (TPSA) is 6.48 Å². The highest BCUT2D eigenvalue weighted by Gasteiger charge is 2.28. The standard InChI is InChI=1S/C21H26N2S/c1-16(2)22-13-7-8-17(14-22)15-23-18-9-3-5-11-20(18)24-21-12-6-4-10-19(21)23/h3-6,9-12,16-17H,7-8,13-15H2,1-2H3. The summed E-state index contributed by atoms with van der Waals surface area (Å²) >= 11 is 1.90. The van der Waals surface area contributed by atoms with Crippen molar-refractivity contribution in [3.05, 3.63) is 48.5 Å². The van der Waals surface area contributed by atoms with Gasteiger partial charge in [0.15, 0.2) is 0 Å². The Labute approximate surface area is 149 Å². The smallest absolute Gasteiger partial charge is 0.0552 e. The van der Waals surface area contributed by atoms with Gasteiger partial charge >= 0.3 is 0 Å². The first-order valence-corrected chi connectivity index (χ1v) is 9.91. The lowest BCUT2D eigenvalue weighted by molar-refractivity contribution is 0.143. The van der Waals surface area contributed by atoms with Crippen LogP contribution in [0.1, 0.15) is 26.7 Å². The second kappa shape index (κ2) is 6.81. The van der Waals surface area contributed by atoms with Crippen LogP contribution in [0.2, 0.25) is 0 Å². The van der Waals surface area contributed by atoms with Crippen LogP contribution in [-0.4, -0.2) is 30.6 Å². The number of likely N-dealkylation sites (tertiary alicyclic amines) is 1. The van der Waals surface area contributed by atoms with Gasteiger partial charge in [0.25, 0.3) is 0 Å². The van der Waals surface area contributed by atoms with Gasteiger partial charge in [-0.1, -0.05) is 36.0 Å². The lowest BCUT2D eigenvalue weighted by Crippen LogP contribution is -2.43. The number of hydrogen-bond acceptors (Lipinski definition) is 3. The van der Waals surface area contributed by atoms with E-state index in [1.165, 1.54) is 47.1 Å².